The molecule has 0 spiro atoms. The Labute approximate surface area is 143 Å². The summed E-state index contributed by atoms with van der Waals surface area (Å²) in [6, 6.07) is 6.11. The molecule has 1 aromatic carbocycles. The van der Waals surface area contributed by atoms with Gasteiger partial charge in [0, 0.05) is 19.8 Å². The number of aromatic nitrogens is 1. The Morgan fingerprint density at radius 2 is 2.08 bits per heavy atom. The van der Waals surface area contributed by atoms with Gasteiger partial charge in [0.1, 0.15) is 5.69 Å². The van der Waals surface area contributed by atoms with E-state index in [1.54, 1.807) is 26.1 Å². The van der Waals surface area contributed by atoms with Gasteiger partial charge >= 0.3 is 6.61 Å². The van der Waals surface area contributed by atoms with Crippen LogP contribution in [0.2, 0.25) is 5.02 Å². The van der Waals surface area contributed by atoms with Crippen molar-refractivity contribution in [2.45, 2.75) is 20.1 Å². The van der Waals surface area contributed by atoms with Crippen LogP contribution in [0.1, 0.15) is 23.0 Å². The minimum atomic E-state index is -2.93. The second kappa shape index (κ2) is 8.01. The standard InChI is InChI=1S/C16H17ClF2N2O3/c1-3-23-14-6-10(4-5-13(14)24-16(18)19)9-21(2)15(22)12-7-11(17)8-20-12/h4-8,16,20H,3,9H2,1-2H3. The Morgan fingerprint density at radius 3 is 2.67 bits per heavy atom. The minimum Gasteiger partial charge on any atom is -0.490 e. The van der Waals surface area contributed by atoms with Gasteiger partial charge in [-0.1, -0.05) is 17.7 Å². The number of hydrogen-bond donors (Lipinski definition) is 1. The summed E-state index contributed by atoms with van der Waals surface area (Å²) < 4.78 is 34.5. The first-order valence-corrected chi connectivity index (χ1v) is 7.58. The average molecular weight is 359 g/mol. The topological polar surface area (TPSA) is 54.6 Å². The van der Waals surface area contributed by atoms with E-state index in [0.717, 1.165) is 0 Å². The van der Waals surface area contributed by atoms with Crippen LogP contribution in [0.4, 0.5) is 8.78 Å². The van der Waals surface area contributed by atoms with Crippen molar-refractivity contribution >= 4 is 17.5 Å². The third-order valence-electron chi connectivity index (χ3n) is 3.17. The molecular weight excluding hydrogens is 342 g/mol. The van der Waals surface area contributed by atoms with Crippen LogP contribution in [0.15, 0.2) is 30.5 Å². The Hall–Kier alpha value is -2.28. The van der Waals surface area contributed by atoms with E-state index >= 15 is 0 Å². The van der Waals surface area contributed by atoms with E-state index in [0.29, 0.717) is 22.9 Å². The fraction of sp³-hybridized carbons (Fsp3) is 0.312. The summed E-state index contributed by atoms with van der Waals surface area (Å²) in [5.41, 5.74) is 1.08. The van der Waals surface area contributed by atoms with Gasteiger partial charge in [-0.3, -0.25) is 4.79 Å². The molecule has 0 unspecified atom stereocenters. The van der Waals surface area contributed by atoms with Crippen LogP contribution in [-0.4, -0.2) is 36.1 Å². The highest BCUT2D eigenvalue weighted by atomic mass is 35.5. The highest BCUT2D eigenvalue weighted by Crippen LogP contribution is 2.30. The number of ether oxygens (including phenoxy) is 2. The van der Waals surface area contributed by atoms with E-state index in [2.05, 4.69) is 9.72 Å². The highest BCUT2D eigenvalue weighted by Gasteiger charge is 2.16. The first kappa shape index (κ1) is 18.1. The molecule has 2 rings (SSSR count). The molecule has 0 radical (unpaired) electrons. The number of amides is 1. The summed E-state index contributed by atoms with van der Waals surface area (Å²) >= 11 is 5.79. The molecule has 0 saturated carbocycles. The molecule has 0 saturated heterocycles. The molecule has 2 aromatic rings. The average Bonchev–Trinajstić information content (AvgIpc) is 2.95. The van der Waals surface area contributed by atoms with Crippen LogP contribution in [-0.2, 0) is 6.54 Å². The van der Waals surface area contributed by atoms with Crippen molar-refractivity contribution in [3.63, 3.8) is 0 Å². The molecule has 8 heteroatoms. The number of H-pyrrole nitrogens is 1. The normalized spacial score (nSPS) is 10.8. The van der Waals surface area contributed by atoms with Crippen LogP contribution in [0.5, 0.6) is 11.5 Å². The minimum absolute atomic E-state index is 0.0410. The van der Waals surface area contributed by atoms with Gasteiger partial charge < -0.3 is 19.4 Å². The van der Waals surface area contributed by atoms with Crippen molar-refractivity contribution in [1.82, 2.24) is 9.88 Å². The van der Waals surface area contributed by atoms with Crippen molar-refractivity contribution in [3.05, 3.63) is 46.7 Å². The Bertz CT molecular complexity index is 706. The smallest absolute Gasteiger partial charge is 0.387 e. The molecule has 1 heterocycles. The number of alkyl halides is 2. The number of aromatic amines is 1. The van der Waals surface area contributed by atoms with Crippen molar-refractivity contribution in [1.29, 1.82) is 0 Å². The van der Waals surface area contributed by atoms with E-state index in [1.165, 1.54) is 23.2 Å². The maximum Gasteiger partial charge on any atom is 0.387 e. The lowest BCUT2D eigenvalue weighted by Gasteiger charge is -2.18. The number of nitrogens with one attached hydrogen (secondary N) is 1. The van der Waals surface area contributed by atoms with Crippen molar-refractivity contribution in [3.8, 4) is 11.5 Å². The van der Waals surface area contributed by atoms with E-state index < -0.39 is 6.61 Å². The monoisotopic (exact) mass is 358 g/mol. The number of hydrogen-bond acceptors (Lipinski definition) is 3. The van der Waals surface area contributed by atoms with Crippen LogP contribution in [0, 0.1) is 0 Å². The van der Waals surface area contributed by atoms with Gasteiger partial charge in [-0.15, -0.1) is 0 Å². The van der Waals surface area contributed by atoms with Gasteiger partial charge in [0.2, 0.25) is 0 Å². The molecule has 0 aliphatic heterocycles. The maximum atomic E-state index is 12.4. The molecule has 0 aliphatic carbocycles. The van der Waals surface area contributed by atoms with Crippen LogP contribution in [0.25, 0.3) is 0 Å². The van der Waals surface area contributed by atoms with Crippen LogP contribution >= 0.6 is 11.6 Å². The summed E-state index contributed by atoms with van der Waals surface area (Å²) in [5.74, 6) is -0.0763. The molecule has 1 N–H and O–H groups in total. The third kappa shape index (κ3) is 4.61. The summed E-state index contributed by atoms with van der Waals surface area (Å²) in [4.78, 5) is 16.5. The zero-order valence-corrected chi connectivity index (χ0v) is 13.9. The third-order valence-corrected chi connectivity index (χ3v) is 3.39. The molecule has 0 aliphatic rings. The number of halogens is 3. The summed E-state index contributed by atoms with van der Waals surface area (Å²) in [6.07, 6.45) is 1.52. The SMILES string of the molecule is CCOc1cc(CN(C)C(=O)c2cc(Cl)c[nH]2)ccc1OC(F)F. The number of nitrogens with zero attached hydrogens (tertiary/aromatic N) is 1. The molecule has 5 nitrogen and oxygen atoms in total. The van der Waals surface area contributed by atoms with Gasteiger partial charge in [0.05, 0.1) is 11.6 Å². The number of benzene rings is 1. The van der Waals surface area contributed by atoms with Gasteiger partial charge in [0.25, 0.3) is 5.91 Å². The van der Waals surface area contributed by atoms with Crippen molar-refractivity contribution in [2.75, 3.05) is 13.7 Å². The molecule has 24 heavy (non-hydrogen) atoms. The summed E-state index contributed by atoms with van der Waals surface area (Å²) in [5, 5.41) is 0.443. The molecule has 1 amide bonds. The Morgan fingerprint density at radius 1 is 1.33 bits per heavy atom. The molecule has 0 fully saturated rings. The maximum absolute atomic E-state index is 12.4. The van der Waals surface area contributed by atoms with Gasteiger partial charge in [-0.25, -0.2) is 0 Å². The molecule has 0 bridgehead atoms. The number of rotatable bonds is 7. The Balaban J connectivity index is 2.13. The fourth-order valence-electron chi connectivity index (χ4n) is 2.16. The van der Waals surface area contributed by atoms with Crippen molar-refractivity contribution in [2.24, 2.45) is 0 Å². The fourth-order valence-corrected chi connectivity index (χ4v) is 2.32. The highest BCUT2D eigenvalue weighted by molar-refractivity contribution is 6.30. The van der Waals surface area contributed by atoms with Crippen LogP contribution in [0.3, 0.4) is 0 Å². The predicted octanol–water partition coefficient (Wildman–Crippen LogP) is 3.94. The van der Waals surface area contributed by atoms with E-state index in [-0.39, 0.29) is 24.0 Å². The lowest BCUT2D eigenvalue weighted by Crippen LogP contribution is -2.26. The zero-order valence-electron chi connectivity index (χ0n) is 13.2. The molecule has 130 valence electrons. The first-order valence-electron chi connectivity index (χ1n) is 7.20. The van der Waals surface area contributed by atoms with Crippen molar-refractivity contribution < 1.29 is 23.0 Å². The van der Waals surface area contributed by atoms with E-state index in [4.69, 9.17) is 16.3 Å². The van der Waals surface area contributed by atoms with Gasteiger partial charge in [-0.05, 0) is 30.7 Å². The second-order valence-electron chi connectivity index (χ2n) is 4.99. The van der Waals surface area contributed by atoms with E-state index in [9.17, 15) is 13.6 Å². The Kier molecular flexibility index (Phi) is 6.03. The lowest BCUT2D eigenvalue weighted by molar-refractivity contribution is -0.0514. The second-order valence-corrected chi connectivity index (χ2v) is 5.42. The molecule has 1 aromatic heterocycles. The summed E-state index contributed by atoms with van der Waals surface area (Å²) in [7, 11) is 1.63. The van der Waals surface area contributed by atoms with E-state index in [1.807, 2.05) is 0 Å². The lowest BCUT2D eigenvalue weighted by atomic mass is 10.2. The largest absolute Gasteiger partial charge is 0.490 e. The van der Waals surface area contributed by atoms with Crippen LogP contribution < -0.4 is 9.47 Å². The summed E-state index contributed by atoms with van der Waals surface area (Å²) in [6.45, 7) is -0.621. The molecular formula is C16H17ClF2N2O3. The molecule has 0 atom stereocenters. The first-order chi connectivity index (χ1) is 11.4. The van der Waals surface area contributed by atoms with Gasteiger partial charge in [0.15, 0.2) is 11.5 Å². The zero-order chi connectivity index (χ0) is 17.7. The van der Waals surface area contributed by atoms with Gasteiger partial charge in [-0.2, -0.15) is 8.78 Å². The quantitative estimate of drug-likeness (QED) is 0.815. The predicted molar refractivity (Wildman–Crippen MR) is 85.8 cm³/mol. The number of carbonyl (C=O) groups is 1. The number of carbonyl (C=O) groups excluding carboxylic acids is 1.